The molecule has 1 unspecified atom stereocenters. The smallest absolute Gasteiger partial charge is 0.249 e. The molecule has 0 aliphatic heterocycles. The van der Waals surface area contributed by atoms with Crippen molar-refractivity contribution in [2.24, 2.45) is 5.92 Å². The number of nitrogens with zero attached hydrogens (tertiary/aromatic N) is 5. The fourth-order valence-corrected chi connectivity index (χ4v) is 3.27. The minimum absolute atomic E-state index is 0.162. The highest BCUT2D eigenvalue weighted by molar-refractivity contribution is 6.05. The second kappa shape index (κ2) is 6.97. The van der Waals surface area contributed by atoms with Crippen molar-refractivity contribution >= 4 is 27.9 Å². The van der Waals surface area contributed by atoms with E-state index in [4.69, 9.17) is 8.94 Å². The molecule has 8 heteroatoms. The van der Waals surface area contributed by atoms with Gasteiger partial charge in [-0.2, -0.15) is 4.98 Å². The summed E-state index contributed by atoms with van der Waals surface area (Å²) in [7, 11) is 0. The predicted octanol–water partition coefficient (Wildman–Crippen LogP) is 4.63. The maximum atomic E-state index is 6.01. The van der Waals surface area contributed by atoms with Crippen molar-refractivity contribution < 1.29 is 8.94 Å². The van der Waals surface area contributed by atoms with E-state index in [9.17, 15) is 0 Å². The number of pyridine rings is 1. The molecule has 0 amide bonds. The van der Waals surface area contributed by atoms with Crippen LogP contribution in [0.1, 0.15) is 25.8 Å². The first-order chi connectivity index (χ1) is 14.2. The Hall–Kier alpha value is -3.81. The minimum atomic E-state index is -0.246. The Labute approximate surface area is 166 Å². The number of hydrogen-bond donors (Lipinski definition) is 1. The maximum absolute atomic E-state index is 6.01. The highest BCUT2D eigenvalue weighted by Gasteiger charge is 2.25. The normalized spacial score (nSPS) is 12.7. The van der Waals surface area contributed by atoms with Gasteiger partial charge in [-0.25, -0.2) is 9.97 Å². The first kappa shape index (κ1) is 17.3. The molecule has 5 aromatic rings. The van der Waals surface area contributed by atoms with E-state index in [0.29, 0.717) is 23.1 Å². The molecule has 5 rings (SSSR count). The second-order valence-corrected chi connectivity index (χ2v) is 7.06. The summed E-state index contributed by atoms with van der Waals surface area (Å²) < 4.78 is 11.6. The monoisotopic (exact) mass is 386 g/mol. The number of furan rings is 1. The van der Waals surface area contributed by atoms with Crippen LogP contribution in [0.25, 0.3) is 33.5 Å². The molecule has 1 atom stereocenters. The van der Waals surface area contributed by atoms with E-state index < -0.39 is 0 Å². The molecule has 0 saturated carbocycles. The Morgan fingerprint density at radius 3 is 2.66 bits per heavy atom. The van der Waals surface area contributed by atoms with Crippen molar-refractivity contribution in [3.05, 3.63) is 61.0 Å². The zero-order valence-corrected chi connectivity index (χ0v) is 15.9. The lowest BCUT2D eigenvalue weighted by Crippen LogP contribution is -2.18. The van der Waals surface area contributed by atoms with E-state index >= 15 is 0 Å². The molecule has 0 bridgehead atoms. The topological polar surface area (TPSA) is 103 Å². The SMILES string of the molecule is CC(C)C(Nc1ncnc2c1oc1ccccc12)c1nc(-c2ccncc2)no1. The van der Waals surface area contributed by atoms with Gasteiger partial charge in [0.1, 0.15) is 23.5 Å². The molecular weight excluding hydrogens is 368 g/mol. The van der Waals surface area contributed by atoms with Gasteiger partial charge in [-0.1, -0.05) is 31.1 Å². The summed E-state index contributed by atoms with van der Waals surface area (Å²) >= 11 is 0. The van der Waals surface area contributed by atoms with Crippen LogP contribution in [-0.4, -0.2) is 25.1 Å². The molecule has 0 saturated heterocycles. The number of aromatic nitrogens is 5. The average Bonchev–Trinajstić information content (AvgIpc) is 3.38. The molecule has 8 nitrogen and oxygen atoms in total. The van der Waals surface area contributed by atoms with Crippen molar-refractivity contribution in [2.75, 3.05) is 5.32 Å². The van der Waals surface area contributed by atoms with Gasteiger partial charge in [-0.05, 0) is 30.2 Å². The van der Waals surface area contributed by atoms with E-state index in [1.165, 1.54) is 6.33 Å². The van der Waals surface area contributed by atoms with E-state index in [1.807, 2.05) is 36.4 Å². The predicted molar refractivity (Wildman–Crippen MR) is 108 cm³/mol. The standard InChI is InChI=1S/C21H18N6O2/c1-12(2)16(21-26-19(27-29-21)13-7-9-22-10-8-13)25-20-18-17(23-11-24-20)14-5-3-4-6-15(14)28-18/h3-12,16H,1-2H3,(H,23,24,25). The third kappa shape index (κ3) is 3.08. The van der Waals surface area contributed by atoms with Crippen LogP contribution < -0.4 is 5.32 Å². The molecule has 1 N–H and O–H groups in total. The molecule has 0 radical (unpaired) electrons. The molecule has 4 aromatic heterocycles. The van der Waals surface area contributed by atoms with Gasteiger partial charge in [-0.15, -0.1) is 0 Å². The summed E-state index contributed by atoms with van der Waals surface area (Å²) in [6, 6.07) is 11.2. The third-order valence-electron chi connectivity index (χ3n) is 4.76. The number of fused-ring (bicyclic) bond motifs is 3. The molecule has 0 aliphatic rings. The van der Waals surface area contributed by atoms with E-state index in [2.05, 4.69) is 44.3 Å². The highest BCUT2D eigenvalue weighted by atomic mass is 16.5. The molecule has 144 valence electrons. The minimum Gasteiger partial charge on any atom is -0.450 e. The number of anilines is 1. The van der Waals surface area contributed by atoms with Gasteiger partial charge in [-0.3, -0.25) is 4.98 Å². The van der Waals surface area contributed by atoms with E-state index in [1.54, 1.807) is 12.4 Å². The molecule has 0 aliphatic carbocycles. The van der Waals surface area contributed by atoms with E-state index in [0.717, 1.165) is 22.0 Å². The van der Waals surface area contributed by atoms with Crippen molar-refractivity contribution in [1.82, 2.24) is 25.1 Å². The Balaban J connectivity index is 1.53. The van der Waals surface area contributed by atoms with Crippen LogP contribution in [0.2, 0.25) is 0 Å². The zero-order chi connectivity index (χ0) is 19.8. The molecule has 29 heavy (non-hydrogen) atoms. The lowest BCUT2D eigenvalue weighted by molar-refractivity contribution is 0.335. The van der Waals surface area contributed by atoms with Crippen molar-refractivity contribution in [2.45, 2.75) is 19.9 Å². The summed E-state index contributed by atoms with van der Waals surface area (Å²) in [5.74, 6) is 1.75. The Morgan fingerprint density at radius 1 is 1.00 bits per heavy atom. The number of rotatable bonds is 5. The van der Waals surface area contributed by atoms with Crippen LogP contribution in [0, 0.1) is 5.92 Å². The summed E-state index contributed by atoms with van der Waals surface area (Å²) in [5.41, 5.74) is 2.99. The molecule has 0 spiro atoms. The lowest BCUT2D eigenvalue weighted by atomic mass is 10.0. The van der Waals surface area contributed by atoms with Crippen LogP contribution in [-0.2, 0) is 0 Å². The fraction of sp³-hybridized carbons (Fsp3) is 0.190. The van der Waals surface area contributed by atoms with Gasteiger partial charge in [0.2, 0.25) is 11.7 Å². The van der Waals surface area contributed by atoms with Crippen molar-refractivity contribution in [3.63, 3.8) is 0 Å². The third-order valence-corrected chi connectivity index (χ3v) is 4.76. The van der Waals surface area contributed by atoms with Gasteiger partial charge in [0.05, 0.1) is 0 Å². The van der Waals surface area contributed by atoms with Gasteiger partial charge >= 0.3 is 0 Å². The number of benzene rings is 1. The molecule has 0 fully saturated rings. The van der Waals surface area contributed by atoms with Gasteiger partial charge in [0.25, 0.3) is 0 Å². The number of hydrogen-bond acceptors (Lipinski definition) is 8. The van der Waals surface area contributed by atoms with E-state index in [-0.39, 0.29) is 12.0 Å². The molecule has 1 aromatic carbocycles. The number of nitrogens with one attached hydrogen (secondary N) is 1. The Kier molecular flexibility index (Phi) is 4.16. The number of para-hydroxylation sites is 1. The second-order valence-electron chi connectivity index (χ2n) is 7.06. The summed E-state index contributed by atoms with van der Waals surface area (Å²) in [4.78, 5) is 17.4. The lowest BCUT2D eigenvalue weighted by Gasteiger charge is -2.18. The Morgan fingerprint density at radius 2 is 1.83 bits per heavy atom. The van der Waals surface area contributed by atoms with Crippen LogP contribution >= 0.6 is 0 Å². The Bertz CT molecular complexity index is 1280. The molecular formula is C21H18N6O2. The zero-order valence-electron chi connectivity index (χ0n) is 15.9. The van der Waals surface area contributed by atoms with Gasteiger partial charge in [0, 0.05) is 23.3 Å². The van der Waals surface area contributed by atoms with Crippen LogP contribution in [0.3, 0.4) is 0 Å². The van der Waals surface area contributed by atoms with Crippen molar-refractivity contribution in [1.29, 1.82) is 0 Å². The average molecular weight is 386 g/mol. The quantitative estimate of drug-likeness (QED) is 0.466. The largest absolute Gasteiger partial charge is 0.450 e. The summed E-state index contributed by atoms with van der Waals surface area (Å²) in [5, 5.41) is 8.48. The van der Waals surface area contributed by atoms with Crippen LogP contribution in [0.5, 0.6) is 0 Å². The first-order valence-electron chi connectivity index (χ1n) is 9.33. The van der Waals surface area contributed by atoms with Crippen LogP contribution in [0.15, 0.2) is 64.1 Å². The van der Waals surface area contributed by atoms with Gasteiger partial charge < -0.3 is 14.3 Å². The van der Waals surface area contributed by atoms with Gasteiger partial charge in [0.15, 0.2) is 11.4 Å². The first-order valence-corrected chi connectivity index (χ1v) is 9.33. The summed E-state index contributed by atoms with van der Waals surface area (Å²) in [6.07, 6.45) is 4.92. The highest BCUT2D eigenvalue weighted by Crippen LogP contribution is 2.33. The molecule has 4 heterocycles. The fourth-order valence-electron chi connectivity index (χ4n) is 3.27. The van der Waals surface area contributed by atoms with Crippen molar-refractivity contribution in [3.8, 4) is 11.4 Å². The van der Waals surface area contributed by atoms with Crippen LogP contribution in [0.4, 0.5) is 5.82 Å². The maximum Gasteiger partial charge on any atom is 0.249 e. The summed E-state index contributed by atoms with van der Waals surface area (Å²) in [6.45, 7) is 4.15.